The Bertz CT molecular complexity index is 208. The summed E-state index contributed by atoms with van der Waals surface area (Å²) in [7, 11) is 0. The highest BCUT2D eigenvalue weighted by Crippen LogP contribution is 2.18. The number of ether oxygens (including phenoxy) is 1. The Balaban J connectivity index is 1.46. The zero-order chi connectivity index (χ0) is 12.1. The van der Waals surface area contributed by atoms with E-state index in [1.54, 1.807) is 0 Å². The quantitative estimate of drug-likeness (QED) is 0.689. The summed E-state index contributed by atoms with van der Waals surface area (Å²) < 4.78 is 5.74. The summed E-state index contributed by atoms with van der Waals surface area (Å²) in [5.41, 5.74) is 0. The second kappa shape index (κ2) is 6.72. The van der Waals surface area contributed by atoms with Gasteiger partial charge in [0.05, 0.1) is 12.2 Å². The van der Waals surface area contributed by atoms with Gasteiger partial charge >= 0.3 is 0 Å². The first-order valence-electron chi connectivity index (χ1n) is 7.35. The fourth-order valence-corrected chi connectivity index (χ4v) is 2.70. The summed E-state index contributed by atoms with van der Waals surface area (Å²) >= 11 is 0. The van der Waals surface area contributed by atoms with Crippen molar-refractivity contribution in [2.24, 2.45) is 0 Å². The van der Waals surface area contributed by atoms with Gasteiger partial charge in [0.1, 0.15) is 0 Å². The van der Waals surface area contributed by atoms with Gasteiger partial charge in [-0.1, -0.05) is 6.42 Å². The highest BCUT2D eigenvalue weighted by Gasteiger charge is 2.21. The highest BCUT2D eigenvalue weighted by atomic mass is 16.5. The molecule has 1 aliphatic heterocycles. The molecule has 0 aromatic heterocycles. The molecule has 2 rings (SSSR count). The van der Waals surface area contributed by atoms with Crippen molar-refractivity contribution < 1.29 is 4.74 Å². The van der Waals surface area contributed by atoms with E-state index in [9.17, 15) is 0 Å². The van der Waals surface area contributed by atoms with Gasteiger partial charge in [-0.3, -0.25) is 4.90 Å². The second-order valence-corrected chi connectivity index (χ2v) is 5.81. The summed E-state index contributed by atoms with van der Waals surface area (Å²) in [6.45, 7) is 9.07. The topological polar surface area (TPSA) is 24.5 Å². The van der Waals surface area contributed by atoms with E-state index in [0.717, 1.165) is 19.1 Å². The smallest absolute Gasteiger partial charge is 0.0678 e. The number of unbranched alkanes of at least 4 members (excludes halogenated alkanes) is 2. The van der Waals surface area contributed by atoms with Crippen molar-refractivity contribution in [3.05, 3.63) is 0 Å². The molecule has 3 nitrogen and oxygen atoms in total. The maximum Gasteiger partial charge on any atom is 0.0678 e. The average Bonchev–Trinajstić information content (AvgIpc) is 3.05. The Morgan fingerprint density at radius 2 is 1.76 bits per heavy atom. The van der Waals surface area contributed by atoms with Crippen molar-refractivity contribution in [3.8, 4) is 0 Å². The maximum absolute atomic E-state index is 5.74. The summed E-state index contributed by atoms with van der Waals surface area (Å²) in [5, 5.41) is 3.58. The minimum Gasteiger partial charge on any atom is -0.373 e. The van der Waals surface area contributed by atoms with Crippen LogP contribution < -0.4 is 5.32 Å². The van der Waals surface area contributed by atoms with Crippen LogP contribution in [0.2, 0.25) is 0 Å². The van der Waals surface area contributed by atoms with E-state index in [0.29, 0.717) is 12.2 Å². The Kier molecular flexibility index (Phi) is 5.26. The van der Waals surface area contributed by atoms with Crippen LogP contribution in [0.15, 0.2) is 0 Å². The number of hydrogen-bond donors (Lipinski definition) is 1. The molecular formula is C14H28N2O. The molecule has 2 atom stereocenters. The third-order valence-electron chi connectivity index (χ3n) is 3.66. The van der Waals surface area contributed by atoms with Crippen molar-refractivity contribution in [1.29, 1.82) is 0 Å². The minimum absolute atomic E-state index is 0.412. The van der Waals surface area contributed by atoms with Crippen LogP contribution in [0.5, 0.6) is 0 Å². The average molecular weight is 240 g/mol. The molecule has 1 N–H and O–H groups in total. The fourth-order valence-electron chi connectivity index (χ4n) is 2.70. The second-order valence-electron chi connectivity index (χ2n) is 5.81. The summed E-state index contributed by atoms with van der Waals surface area (Å²) in [6, 6.07) is 0.871. The molecule has 100 valence electrons. The Labute approximate surface area is 106 Å². The van der Waals surface area contributed by atoms with Gasteiger partial charge < -0.3 is 10.1 Å². The first-order valence-corrected chi connectivity index (χ1v) is 7.35. The number of nitrogens with one attached hydrogen (secondary N) is 1. The third kappa shape index (κ3) is 5.36. The van der Waals surface area contributed by atoms with Crippen LogP contribution in [0.1, 0.15) is 46.0 Å². The van der Waals surface area contributed by atoms with Crippen molar-refractivity contribution in [2.75, 3.05) is 26.2 Å². The van der Waals surface area contributed by atoms with Gasteiger partial charge in [-0.25, -0.2) is 0 Å². The summed E-state index contributed by atoms with van der Waals surface area (Å²) in [4.78, 5) is 2.56. The molecule has 1 heterocycles. The van der Waals surface area contributed by atoms with E-state index >= 15 is 0 Å². The summed E-state index contributed by atoms with van der Waals surface area (Å²) in [5.74, 6) is 0. The molecule has 0 aromatic rings. The molecule has 2 fully saturated rings. The largest absolute Gasteiger partial charge is 0.373 e. The predicted molar refractivity (Wildman–Crippen MR) is 71.3 cm³/mol. The van der Waals surface area contributed by atoms with Crippen LogP contribution in [0.3, 0.4) is 0 Å². The van der Waals surface area contributed by atoms with Crippen molar-refractivity contribution in [3.63, 3.8) is 0 Å². The molecular weight excluding hydrogens is 212 g/mol. The van der Waals surface area contributed by atoms with Crippen LogP contribution in [0.4, 0.5) is 0 Å². The van der Waals surface area contributed by atoms with E-state index < -0.39 is 0 Å². The standard InChI is InChI=1S/C14H28N2O/c1-12-10-16(11-13(2)17-12)9-5-3-4-8-15-14-6-7-14/h12-15H,3-11H2,1-2H3/t12-,13+. The van der Waals surface area contributed by atoms with Crippen LogP contribution in [-0.4, -0.2) is 49.3 Å². The molecule has 0 spiro atoms. The van der Waals surface area contributed by atoms with Crippen molar-refractivity contribution >= 4 is 0 Å². The lowest BCUT2D eigenvalue weighted by molar-refractivity contribution is -0.0681. The molecule has 3 heteroatoms. The SMILES string of the molecule is C[C@@H]1CN(CCCCCNC2CC2)C[C@H](C)O1. The predicted octanol–water partition coefficient (Wildman–Crippen LogP) is 2.02. The molecule has 1 aliphatic carbocycles. The van der Waals surface area contributed by atoms with Crippen molar-refractivity contribution in [1.82, 2.24) is 10.2 Å². The fraction of sp³-hybridized carbons (Fsp3) is 1.00. The molecule has 17 heavy (non-hydrogen) atoms. The van der Waals surface area contributed by atoms with E-state index in [4.69, 9.17) is 4.74 Å². The zero-order valence-electron chi connectivity index (χ0n) is 11.5. The van der Waals surface area contributed by atoms with Gasteiger partial charge in [-0.15, -0.1) is 0 Å². The Morgan fingerprint density at radius 3 is 2.41 bits per heavy atom. The third-order valence-corrected chi connectivity index (χ3v) is 3.66. The molecule has 0 radical (unpaired) electrons. The van der Waals surface area contributed by atoms with Crippen molar-refractivity contribution in [2.45, 2.75) is 64.2 Å². The van der Waals surface area contributed by atoms with E-state index in [1.807, 2.05) is 0 Å². The normalized spacial score (nSPS) is 30.7. The molecule has 0 amide bonds. The van der Waals surface area contributed by atoms with E-state index in [1.165, 1.54) is 45.2 Å². The maximum atomic E-state index is 5.74. The zero-order valence-corrected chi connectivity index (χ0v) is 11.5. The van der Waals surface area contributed by atoms with E-state index in [-0.39, 0.29) is 0 Å². The van der Waals surface area contributed by atoms with Crippen LogP contribution >= 0.6 is 0 Å². The number of nitrogens with zero attached hydrogens (tertiary/aromatic N) is 1. The lowest BCUT2D eigenvalue weighted by Crippen LogP contribution is -2.45. The highest BCUT2D eigenvalue weighted by molar-refractivity contribution is 4.80. The number of morpholine rings is 1. The molecule has 0 aromatic carbocycles. The monoisotopic (exact) mass is 240 g/mol. The van der Waals surface area contributed by atoms with Gasteiger partial charge in [0, 0.05) is 19.1 Å². The Hall–Kier alpha value is -0.120. The molecule has 1 saturated heterocycles. The molecule has 1 saturated carbocycles. The van der Waals surface area contributed by atoms with Gasteiger partial charge in [-0.2, -0.15) is 0 Å². The molecule has 0 unspecified atom stereocenters. The molecule has 2 aliphatic rings. The molecule has 0 bridgehead atoms. The first kappa shape index (κ1) is 13.3. The van der Waals surface area contributed by atoms with E-state index in [2.05, 4.69) is 24.1 Å². The first-order chi connectivity index (χ1) is 8.24. The van der Waals surface area contributed by atoms with Crippen LogP contribution in [0, 0.1) is 0 Å². The minimum atomic E-state index is 0.412. The van der Waals surface area contributed by atoms with Crippen LogP contribution in [0.25, 0.3) is 0 Å². The summed E-state index contributed by atoms with van der Waals surface area (Å²) in [6.07, 6.45) is 7.68. The Morgan fingerprint density at radius 1 is 1.06 bits per heavy atom. The lowest BCUT2D eigenvalue weighted by Gasteiger charge is -2.35. The van der Waals surface area contributed by atoms with Gasteiger partial charge in [0.2, 0.25) is 0 Å². The number of hydrogen-bond acceptors (Lipinski definition) is 3. The van der Waals surface area contributed by atoms with Gasteiger partial charge in [0.25, 0.3) is 0 Å². The number of rotatable bonds is 7. The lowest BCUT2D eigenvalue weighted by atomic mass is 10.2. The van der Waals surface area contributed by atoms with Crippen LogP contribution in [-0.2, 0) is 4.74 Å². The van der Waals surface area contributed by atoms with Gasteiger partial charge in [0.15, 0.2) is 0 Å². The van der Waals surface area contributed by atoms with Gasteiger partial charge in [-0.05, 0) is 52.6 Å².